The number of piperazine rings is 1. The van der Waals surface area contributed by atoms with Crippen molar-refractivity contribution in [3.05, 3.63) is 85.8 Å². The van der Waals surface area contributed by atoms with Crippen molar-refractivity contribution in [3.8, 4) is 0 Å². The average Bonchev–Trinajstić information content (AvgIpc) is 3.35. The minimum Gasteiger partial charge on any atom is -0.338 e. The summed E-state index contributed by atoms with van der Waals surface area (Å²) in [7, 11) is 0. The van der Waals surface area contributed by atoms with E-state index in [-0.39, 0.29) is 30.3 Å². The highest BCUT2D eigenvalue weighted by Crippen LogP contribution is 2.37. The summed E-state index contributed by atoms with van der Waals surface area (Å²) in [5.74, 6) is -0.268. The molecule has 1 N–H and O–H groups in total. The molecular weight excluding hydrogens is 522 g/mol. The van der Waals surface area contributed by atoms with Gasteiger partial charge in [-0.05, 0) is 59.3 Å². The van der Waals surface area contributed by atoms with Crippen LogP contribution in [0.5, 0.6) is 0 Å². The van der Waals surface area contributed by atoms with Crippen LogP contribution in [-0.4, -0.2) is 65.9 Å². The second-order valence-corrected chi connectivity index (χ2v) is 10.7. The maximum absolute atomic E-state index is 14.0. The van der Waals surface area contributed by atoms with E-state index in [1.807, 2.05) is 6.07 Å². The van der Waals surface area contributed by atoms with Crippen LogP contribution in [0.2, 0.25) is 10.0 Å². The van der Waals surface area contributed by atoms with Crippen molar-refractivity contribution in [2.45, 2.75) is 12.5 Å². The molecule has 36 heavy (non-hydrogen) atoms. The molecule has 0 radical (unpaired) electrons. The van der Waals surface area contributed by atoms with Gasteiger partial charge in [-0.3, -0.25) is 9.69 Å². The smallest absolute Gasteiger partial charge is 0.321 e. The van der Waals surface area contributed by atoms with Crippen molar-refractivity contribution in [2.24, 2.45) is 0 Å². The van der Waals surface area contributed by atoms with Crippen molar-refractivity contribution in [2.75, 3.05) is 44.6 Å². The Labute approximate surface area is 223 Å². The third-order valence-corrected chi connectivity index (χ3v) is 8.39. The van der Waals surface area contributed by atoms with E-state index >= 15 is 0 Å². The Balaban J connectivity index is 1.21. The fourth-order valence-corrected chi connectivity index (χ4v) is 6.02. The van der Waals surface area contributed by atoms with Crippen LogP contribution in [0.15, 0.2) is 53.9 Å². The standard InChI is InChI=1S/C26H25Cl2FN4O2S/c27-21-5-4-19(15-22(21)28)30-26(35)32-11-9-31(10-12-32)24(34)16-33-8-6-23-20(7-13-36-23)25(33)17-2-1-3-18(29)14-17/h1-5,7,13-15,25H,6,8-12,16H2,(H,30,35)/t25-/m1/s1. The molecule has 2 aliphatic heterocycles. The lowest BCUT2D eigenvalue weighted by Crippen LogP contribution is -2.54. The van der Waals surface area contributed by atoms with Gasteiger partial charge < -0.3 is 15.1 Å². The number of nitrogens with zero attached hydrogens (tertiary/aromatic N) is 3. The molecule has 1 fully saturated rings. The number of benzene rings is 2. The second kappa shape index (κ2) is 10.8. The van der Waals surface area contributed by atoms with Crippen LogP contribution in [0.4, 0.5) is 14.9 Å². The summed E-state index contributed by atoms with van der Waals surface area (Å²) in [6.07, 6.45) is 0.870. The van der Waals surface area contributed by atoms with Gasteiger partial charge >= 0.3 is 6.03 Å². The number of carbonyl (C=O) groups is 2. The molecule has 0 saturated carbocycles. The van der Waals surface area contributed by atoms with E-state index in [2.05, 4.69) is 21.7 Å². The molecule has 188 valence electrons. The van der Waals surface area contributed by atoms with Gasteiger partial charge in [0, 0.05) is 43.3 Å². The minimum absolute atomic E-state index is 0.0135. The first kappa shape index (κ1) is 25.0. The summed E-state index contributed by atoms with van der Waals surface area (Å²) in [6, 6.07) is 13.2. The number of rotatable bonds is 4. The molecule has 1 atom stereocenters. The number of hydrogen-bond acceptors (Lipinski definition) is 4. The number of carbonyl (C=O) groups excluding carboxylic acids is 2. The summed E-state index contributed by atoms with van der Waals surface area (Å²) < 4.78 is 14.0. The molecular formula is C26H25Cl2FN4O2S. The van der Waals surface area contributed by atoms with Crippen molar-refractivity contribution < 1.29 is 14.0 Å². The lowest BCUT2D eigenvalue weighted by molar-refractivity contribution is -0.134. The summed E-state index contributed by atoms with van der Waals surface area (Å²) in [4.78, 5) is 32.8. The van der Waals surface area contributed by atoms with Crippen LogP contribution >= 0.6 is 34.5 Å². The van der Waals surface area contributed by atoms with Crippen LogP contribution in [0.1, 0.15) is 22.0 Å². The van der Waals surface area contributed by atoms with Gasteiger partial charge in [0.25, 0.3) is 0 Å². The molecule has 0 spiro atoms. The summed E-state index contributed by atoms with van der Waals surface area (Å²) in [5, 5.41) is 5.68. The number of urea groups is 1. The molecule has 5 rings (SSSR count). The normalized spacial score (nSPS) is 18.1. The predicted octanol–water partition coefficient (Wildman–Crippen LogP) is 5.52. The highest BCUT2D eigenvalue weighted by molar-refractivity contribution is 7.10. The van der Waals surface area contributed by atoms with E-state index in [0.29, 0.717) is 41.9 Å². The first-order valence-electron chi connectivity index (χ1n) is 11.7. The highest BCUT2D eigenvalue weighted by atomic mass is 35.5. The molecule has 3 heterocycles. The molecule has 0 unspecified atom stereocenters. The molecule has 0 aliphatic carbocycles. The van der Waals surface area contributed by atoms with E-state index in [1.165, 1.54) is 10.9 Å². The Bertz CT molecular complexity index is 1280. The van der Waals surface area contributed by atoms with Gasteiger partial charge in [-0.2, -0.15) is 0 Å². The topological polar surface area (TPSA) is 55.9 Å². The number of fused-ring (bicyclic) bond motifs is 1. The van der Waals surface area contributed by atoms with Gasteiger partial charge in [-0.15, -0.1) is 11.3 Å². The number of anilines is 1. The predicted molar refractivity (Wildman–Crippen MR) is 141 cm³/mol. The maximum atomic E-state index is 14.0. The van der Waals surface area contributed by atoms with Crippen LogP contribution in [-0.2, 0) is 11.2 Å². The number of thiophene rings is 1. The van der Waals surface area contributed by atoms with Gasteiger partial charge in [0.05, 0.1) is 22.6 Å². The Morgan fingerprint density at radius 3 is 2.50 bits per heavy atom. The average molecular weight is 547 g/mol. The van der Waals surface area contributed by atoms with Crippen LogP contribution < -0.4 is 5.32 Å². The molecule has 3 amide bonds. The van der Waals surface area contributed by atoms with Gasteiger partial charge in [0.2, 0.25) is 5.91 Å². The fourth-order valence-electron chi connectivity index (χ4n) is 4.81. The largest absolute Gasteiger partial charge is 0.338 e. The Morgan fingerprint density at radius 1 is 0.972 bits per heavy atom. The monoisotopic (exact) mass is 546 g/mol. The Morgan fingerprint density at radius 2 is 1.75 bits per heavy atom. The SMILES string of the molecule is O=C(CN1CCc2sccc2[C@H]1c1cccc(F)c1)N1CCN(C(=O)Nc2ccc(Cl)c(Cl)c2)CC1. The molecule has 0 bridgehead atoms. The summed E-state index contributed by atoms with van der Waals surface area (Å²) in [6.45, 7) is 2.74. The van der Waals surface area contributed by atoms with E-state index < -0.39 is 0 Å². The lowest BCUT2D eigenvalue weighted by atomic mass is 9.93. The molecule has 3 aromatic rings. The lowest BCUT2D eigenvalue weighted by Gasteiger charge is -2.39. The van der Waals surface area contributed by atoms with Crippen LogP contribution in [0, 0.1) is 5.82 Å². The molecule has 1 saturated heterocycles. The van der Waals surface area contributed by atoms with E-state index in [0.717, 1.165) is 24.1 Å². The molecule has 2 aliphatic rings. The Kier molecular flexibility index (Phi) is 7.48. The van der Waals surface area contributed by atoms with Gasteiger partial charge in [-0.1, -0.05) is 35.3 Å². The summed E-state index contributed by atoms with van der Waals surface area (Å²) >= 11 is 13.7. The minimum atomic E-state index is -0.281. The van der Waals surface area contributed by atoms with E-state index in [1.54, 1.807) is 51.5 Å². The zero-order valence-corrected chi connectivity index (χ0v) is 21.8. The number of hydrogen-bond donors (Lipinski definition) is 1. The van der Waals surface area contributed by atoms with Crippen molar-refractivity contribution in [1.29, 1.82) is 0 Å². The zero-order chi connectivity index (χ0) is 25.2. The quantitative estimate of drug-likeness (QED) is 0.468. The molecule has 2 aromatic carbocycles. The van der Waals surface area contributed by atoms with Crippen molar-refractivity contribution >= 4 is 52.2 Å². The van der Waals surface area contributed by atoms with E-state index in [4.69, 9.17) is 23.2 Å². The van der Waals surface area contributed by atoms with Gasteiger partial charge in [0.1, 0.15) is 5.82 Å². The third kappa shape index (κ3) is 5.37. The molecule has 6 nitrogen and oxygen atoms in total. The zero-order valence-electron chi connectivity index (χ0n) is 19.4. The van der Waals surface area contributed by atoms with Crippen LogP contribution in [0.3, 0.4) is 0 Å². The fraction of sp³-hybridized carbons (Fsp3) is 0.308. The maximum Gasteiger partial charge on any atom is 0.321 e. The third-order valence-electron chi connectivity index (χ3n) is 6.66. The van der Waals surface area contributed by atoms with Gasteiger partial charge in [0.15, 0.2) is 0 Å². The van der Waals surface area contributed by atoms with Crippen LogP contribution in [0.25, 0.3) is 0 Å². The first-order valence-corrected chi connectivity index (χ1v) is 13.4. The number of nitrogens with one attached hydrogen (secondary N) is 1. The highest BCUT2D eigenvalue weighted by Gasteiger charge is 2.33. The second-order valence-electron chi connectivity index (χ2n) is 8.90. The van der Waals surface area contributed by atoms with Crippen molar-refractivity contribution in [3.63, 3.8) is 0 Å². The van der Waals surface area contributed by atoms with Crippen molar-refractivity contribution in [1.82, 2.24) is 14.7 Å². The number of halogens is 3. The first-order chi connectivity index (χ1) is 17.4. The molecule has 10 heteroatoms. The van der Waals surface area contributed by atoms with E-state index in [9.17, 15) is 14.0 Å². The number of amides is 3. The summed E-state index contributed by atoms with van der Waals surface area (Å²) in [5.41, 5.74) is 2.56. The van der Waals surface area contributed by atoms with Gasteiger partial charge in [-0.25, -0.2) is 9.18 Å². The molecule has 1 aromatic heterocycles. The Hall–Kier alpha value is -2.65.